The number of hydrogen-bond acceptors (Lipinski definition) is 2. The molecule has 0 bridgehead atoms. The van der Waals surface area contributed by atoms with Gasteiger partial charge in [0.25, 0.3) is 0 Å². The molecule has 0 aliphatic carbocycles. The first kappa shape index (κ1) is 15.0. The number of nitrogens with one attached hydrogen (secondary N) is 1. The largest absolute Gasteiger partial charge is 0.378 e. The van der Waals surface area contributed by atoms with Crippen LogP contribution in [0.2, 0.25) is 0 Å². The maximum Gasteiger partial charge on any atom is 0.135 e. The van der Waals surface area contributed by atoms with E-state index in [1.54, 1.807) is 0 Å². The smallest absolute Gasteiger partial charge is 0.135 e. The first-order valence-corrected chi connectivity index (χ1v) is 7.85. The first-order valence-electron chi connectivity index (χ1n) is 6.77. The van der Waals surface area contributed by atoms with E-state index in [1.807, 2.05) is 37.3 Å². The number of anilines is 1. The van der Waals surface area contributed by atoms with E-state index in [4.69, 9.17) is 0 Å². The zero-order chi connectivity index (χ0) is 14.4. The normalized spacial score (nSPS) is 11.9. The van der Waals surface area contributed by atoms with Crippen LogP contribution in [0.25, 0.3) is 0 Å². The van der Waals surface area contributed by atoms with Crippen molar-refractivity contribution in [1.82, 2.24) is 0 Å². The zero-order valence-corrected chi connectivity index (χ0v) is 13.6. The fourth-order valence-electron chi connectivity index (χ4n) is 2.06. The molecule has 104 valence electrons. The van der Waals surface area contributed by atoms with Crippen LogP contribution in [-0.2, 0) is 4.79 Å². The molecule has 1 N–H and O–H groups in total. The van der Waals surface area contributed by atoms with Crippen LogP contribution in [0, 0.1) is 3.57 Å². The zero-order valence-electron chi connectivity index (χ0n) is 11.5. The van der Waals surface area contributed by atoms with Gasteiger partial charge in [0.05, 0.1) is 6.04 Å². The van der Waals surface area contributed by atoms with Crippen LogP contribution in [-0.4, -0.2) is 5.78 Å². The SMILES string of the molecule is CCC(=O)C[C@@H](Nc1ccc(I)cc1)c1ccccc1. The highest BCUT2D eigenvalue weighted by Crippen LogP contribution is 2.24. The highest BCUT2D eigenvalue weighted by Gasteiger charge is 2.14. The van der Waals surface area contributed by atoms with E-state index in [0.717, 1.165) is 11.3 Å². The van der Waals surface area contributed by atoms with Crippen LogP contribution in [0.1, 0.15) is 31.4 Å². The Kier molecular flexibility index (Phi) is 5.59. The van der Waals surface area contributed by atoms with Gasteiger partial charge in [0.2, 0.25) is 0 Å². The van der Waals surface area contributed by atoms with Crippen LogP contribution in [0.5, 0.6) is 0 Å². The Morgan fingerprint density at radius 3 is 2.35 bits per heavy atom. The molecule has 0 heterocycles. The summed E-state index contributed by atoms with van der Waals surface area (Å²) in [5.41, 5.74) is 2.19. The van der Waals surface area contributed by atoms with Crippen molar-refractivity contribution in [3.8, 4) is 0 Å². The summed E-state index contributed by atoms with van der Waals surface area (Å²) < 4.78 is 1.20. The van der Waals surface area contributed by atoms with Gasteiger partial charge in [0.15, 0.2) is 0 Å². The highest BCUT2D eigenvalue weighted by molar-refractivity contribution is 14.1. The summed E-state index contributed by atoms with van der Waals surface area (Å²) in [6, 6.07) is 18.4. The summed E-state index contributed by atoms with van der Waals surface area (Å²) in [4.78, 5) is 11.8. The summed E-state index contributed by atoms with van der Waals surface area (Å²) in [5.74, 6) is 0.275. The van der Waals surface area contributed by atoms with Gasteiger partial charge >= 0.3 is 0 Å². The van der Waals surface area contributed by atoms with Gasteiger partial charge in [-0.25, -0.2) is 0 Å². The molecule has 0 radical (unpaired) electrons. The fourth-order valence-corrected chi connectivity index (χ4v) is 2.42. The molecule has 0 aliphatic heterocycles. The second-order valence-electron chi connectivity index (χ2n) is 4.71. The van der Waals surface area contributed by atoms with E-state index in [2.05, 4.69) is 52.2 Å². The van der Waals surface area contributed by atoms with Crippen LogP contribution < -0.4 is 5.32 Å². The van der Waals surface area contributed by atoms with Crippen molar-refractivity contribution >= 4 is 34.1 Å². The average Bonchev–Trinajstić information content (AvgIpc) is 2.49. The van der Waals surface area contributed by atoms with E-state index in [0.29, 0.717) is 12.8 Å². The second-order valence-corrected chi connectivity index (χ2v) is 5.96. The third kappa shape index (κ3) is 4.34. The van der Waals surface area contributed by atoms with Crippen molar-refractivity contribution in [1.29, 1.82) is 0 Å². The number of carbonyl (C=O) groups is 1. The first-order chi connectivity index (χ1) is 9.69. The van der Waals surface area contributed by atoms with Crippen molar-refractivity contribution in [2.75, 3.05) is 5.32 Å². The molecule has 0 aromatic heterocycles. The molecule has 1 atom stereocenters. The van der Waals surface area contributed by atoms with Gasteiger partial charge in [-0.15, -0.1) is 0 Å². The van der Waals surface area contributed by atoms with Gasteiger partial charge in [-0.05, 0) is 52.4 Å². The minimum atomic E-state index is 0.0312. The van der Waals surface area contributed by atoms with Crippen molar-refractivity contribution in [2.45, 2.75) is 25.8 Å². The molecular formula is C17H18INO. The van der Waals surface area contributed by atoms with Crippen LogP contribution in [0.4, 0.5) is 5.69 Å². The van der Waals surface area contributed by atoms with Crippen molar-refractivity contribution in [2.24, 2.45) is 0 Å². The lowest BCUT2D eigenvalue weighted by molar-refractivity contribution is -0.119. The topological polar surface area (TPSA) is 29.1 Å². The number of halogens is 1. The van der Waals surface area contributed by atoms with Crippen LogP contribution in [0.15, 0.2) is 54.6 Å². The van der Waals surface area contributed by atoms with Crippen molar-refractivity contribution in [3.05, 3.63) is 63.7 Å². The van der Waals surface area contributed by atoms with E-state index in [9.17, 15) is 4.79 Å². The minimum absolute atomic E-state index is 0.0312. The molecule has 3 heteroatoms. The van der Waals surface area contributed by atoms with Crippen molar-refractivity contribution < 1.29 is 4.79 Å². The average molecular weight is 379 g/mol. The fraction of sp³-hybridized carbons (Fsp3) is 0.235. The van der Waals surface area contributed by atoms with E-state index < -0.39 is 0 Å². The van der Waals surface area contributed by atoms with E-state index in [1.165, 1.54) is 3.57 Å². The molecule has 0 amide bonds. The number of rotatable bonds is 6. The Morgan fingerprint density at radius 2 is 1.75 bits per heavy atom. The molecule has 2 nitrogen and oxygen atoms in total. The molecule has 0 fully saturated rings. The molecule has 2 aromatic carbocycles. The molecule has 0 unspecified atom stereocenters. The molecule has 0 saturated carbocycles. The summed E-state index contributed by atoms with van der Waals surface area (Å²) in [5, 5.41) is 3.46. The van der Waals surface area contributed by atoms with Crippen LogP contribution >= 0.6 is 22.6 Å². The molecule has 2 rings (SSSR count). The Labute approximate surface area is 133 Å². The molecule has 2 aromatic rings. The van der Waals surface area contributed by atoms with E-state index >= 15 is 0 Å². The Balaban J connectivity index is 2.18. The maximum atomic E-state index is 11.8. The van der Waals surface area contributed by atoms with Gasteiger partial charge in [0.1, 0.15) is 5.78 Å². The highest BCUT2D eigenvalue weighted by atomic mass is 127. The lowest BCUT2D eigenvalue weighted by Gasteiger charge is -2.20. The molecule has 20 heavy (non-hydrogen) atoms. The third-order valence-electron chi connectivity index (χ3n) is 3.21. The second kappa shape index (κ2) is 7.43. The molecule has 0 spiro atoms. The molecule has 0 saturated heterocycles. The maximum absolute atomic E-state index is 11.8. The van der Waals surface area contributed by atoms with Gasteiger partial charge in [0, 0.05) is 22.1 Å². The predicted molar refractivity (Wildman–Crippen MR) is 91.9 cm³/mol. The standard InChI is InChI=1S/C17H18INO/c1-2-16(20)12-17(13-6-4-3-5-7-13)19-15-10-8-14(18)9-11-15/h3-11,17,19H,2,12H2,1H3/t17-/m1/s1. The molecular weight excluding hydrogens is 361 g/mol. The summed E-state index contributed by atoms with van der Waals surface area (Å²) in [7, 11) is 0. The van der Waals surface area contributed by atoms with E-state index in [-0.39, 0.29) is 11.8 Å². The summed E-state index contributed by atoms with van der Waals surface area (Å²) >= 11 is 2.29. The number of Topliss-reactive ketones (excluding diaryl/α,β-unsaturated/α-hetero) is 1. The monoisotopic (exact) mass is 379 g/mol. The summed E-state index contributed by atoms with van der Waals surface area (Å²) in [6.45, 7) is 1.91. The van der Waals surface area contributed by atoms with Crippen molar-refractivity contribution in [3.63, 3.8) is 0 Å². The quantitative estimate of drug-likeness (QED) is 0.730. The number of carbonyl (C=O) groups excluding carboxylic acids is 1. The number of hydrogen-bond donors (Lipinski definition) is 1. The Hall–Kier alpha value is -1.36. The lowest BCUT2D eigenvalue weighted by Crippen LogP contribution is -2.15. The third-order valence-corrected chi connectivity index (χ3v) is 3.93. The van der Waals surface area contributed by atoms with Gasteiger partial charge in [-0.2, -0.15) is 0 Å². The molecule has 0 aliphatic rings. The number of benzene rings is 2. The lowest BCUT2D eigenvalue weighted by atomic mass is 10.00. The Bertz CT molecular complexity index is 551. The van der Waals surface area contributed by atoms with Crippen LogP contribution in [0.3, 0.4) is 0 Å². The Morgan fingerprint density at radius 1 is 1.10 bits per heavy atom. The van der Waals surface area contributed by atoms with Gasteiger partial charge in [-0.3, -0.25) is 4.79 Å². The predicted octanol–water partition coefficient (Wildman–Crippen LogP) is 4.81. The minimum Gasteiger partial charge on any atom is -0.378 e. The number of ketones is 1. The van der Waals surface area contributed by atoms with Gasteiger partial charge in [-0.1, -0.05) is 37.3 Å². The van der Waals surface area contributed by atoms with Gasteiger partial charge < -0.3 is 5.32 Å². The summed E-state index contributed by atoms with van der Waals surface area (Å²) in [6.07, 6.45) is 1.10.